The van der Waals surface area contributed by atoms with Crippen molar-refractivity contribution in [3.05, 3.63) is 34.6 Å². The second-order valence-electron chi connectivity index (χ2n) is 6.70. The Kier molecular flexibility index (Phi) is 4.62. The SMILES string of the molecule is CC(C)(C)CC(C)(C)NC(=O)c1ccc(F)cc1Cl. The van der Waals surface area contributed by atoms with E-state index in [0.717, 1.165) is 12.5 Å². The molecule has 0 saturated heterocycles. The van der Waals surface area contributed by atoms with Crippen LogP contribution in [0.25, 0.3) is 0 Å². The summed E-state index contributed by atoms with van der Waals surface area (Å²) in [5, 5.41) is 3.07. The van der Waals surface area contributed by atoms with Crippen molar-refractivity contribution in [3.63, 3.8) is 0 Å². The molecular formula is C15H21ClFNO. The highest BCUT2D eigenvalue weighted by Gasteiger charge is 2.27. The fraction of sp³-hybridized carbons (Fsp3) is 0.533. The molecule has 0 heterocycles. The van der Waals surface area contributed by atoms with Gasteiger partial charge in [-0.05, 0) is 43.9 Å². The van der Waals surface area contributed by atoms with Gasteiger partial charge in [-0.25, -0.2) is 4.39 Å². The lowest BCUT2D eigenvalue weighted by Gasteiger charge is -2.33. The van der Waals surface area contributed by atoms with Gasteiger partial charge in [-0.3, -0.25) is 4.79 Å². The highest BCUT2D eigenvalue weighted by Crippen LogP contribution is 2.27. The molecule has 0 unspecified atom stereocenters. The largest absolute Gasteiger partial charge is 0.347 e. The highest BCUT2D eigenvalue weighted by atomic mass is 35.5. The van der Waals surface area contributed by atoms with E-state index in [1.165, 1.54) is 12.1 Å². The summed E-state index contributed by atoms with van der Waals surface area (Å²) in [4.78, 5) is 12.2. The van der Waals surface area contributed by atoms with Gasteiger partial charge in [-0.15, -0.1) is 0 Å². The van der Waals surface area contributed by atoms with Crippen LogP contribution in [0.2, 0.25) is 5.02 Å². The molecule has 19 heavy (non-hydrogen) atoms. The molecule has 0 saturated carbocycles. The molecule has 0 atom stereocenters. The Balaban J connectivity index is 2.84. The monoisotopic (exact) mass is 285 g/mol. The van der Waals surface area contributed by atoms with Crippen molar-refractivity contribution in [3.8, 4) is 0 Å². The number of carbonyl (C=O) groups excluding carboxylic acids is 1. The number of benzene rings is 1. The van der Waals surface area contributed by atoms with E-state index in [4.69, 9.17) is 11.6 Å². The predicted octanol–water partition coefficient (Wildman–Crippen LogP) is 4.42. The zero-order valence-corrected chi connectivity index (χ0v) is 12.9. The van der Waals surface area contributed by atoms with Gasteiger partial charge in [0.15, 0.2) is 0 Å². The number of rotatable bonds is 3. The maximum absolute atomic E-state index is 13.0. The lowest BCUT2D eigenvalue weighted by molar-refractivity contribution is 0.0891. The Bertz CT molecular complexity index is 478. The van der Waals surface area contributed by atoms with Crippen molar-refractivity contribution in [2.45, 2.75) is 46.6 Å². The maximum Gasteiger partial charge on any atom is 0.253 e. The van der Waals surface area contributed by atoms with E-state index < -0.39 is 5.82 Å². The fourth-order valence-corrected chi connectivity index (χ4v) is 2.67. The van der Waals surface area contributed by atoms with Crippen LogP contribution in [-0.2, 0) is 0 Å². The summed E-state index contributed by atoms with van der Waals surface area (Å²) in [5.41, 5.74) is 0.0428. The molecule has 0 fully saturated rings. The molecule has 0 aliphatic carbocycles. The van der Waals surface area contributed by atoms with Gasteiger partial charge in [0.05, 0.1) is 10.6 Å². The van der Waals surface area contributed by atoms with Gasteiger partial charge in [0.25, 0.3) is 5.91 Å². The van der Waals surface area contributed by atoms with Crippen LogP contribution in [0.15, 0.2) is 18.2 Å². The number of amides is 1. The van der Waals surface area contributed by atoms with Gasteiger partial charge in [-0.1, -0.05) is 32.4 Å². The van der Waals surface area contributed by atoms with Crippen molar-refractivity contribution < 1.29 is 9.18 Å². The molecule has 1 amide bonds. The molecule has 1 aromatic rings. The first-order valence-electron chi connectivity index (χ1n) is 6.28. The van der Waals surface area contributed by atoms with Gasteiger partial charge in [-0.2, -0.15) is 0 Å². The average Bonchev–Trinajstić information content (AvgIpc) is 2.11. The van der Waals surface area contributed by atoms with E-state index >= 15 is 0 Å². The van der Waals surface area contributed by atoms with Crippen LogP contribution in [-0.4, -0.2) is 11.4 Å². The van der Waals surface area contributed by atoms with Gasteiger partial charge in [0, 0.05) is 5.54 Å². The van der Waals surface area contributed by atoms with Crippen LogP contribution in [0.5, 0.6) is 0 Å². The van der Waals surface area contributed by atoms with E-state index in [1.54, 1.807) is 0 Å². The Hall–Kier alpha value is -1.09. The number of nitrogens with one attached hydrogen (secondary N) is 1. The average molecular weight is 286 g/mol. The molecule has 2 nitrogen and oxygen atoms in total. The van der Waals surface area contributed by atoms with Crippen molar-refractivity contribution in [2.24, 2.45) is 5.41 Å². The summed E-state index contributed by atoms with van der Waals surface area (Å²) in [6.45, 7) is 10.3. The van der Waals surface area contributed by atoms with Gasteiger partial charge < -0.3 is 5.32 Å². The van der Waals surface area contributed by atoms with E-state index in [9.17, 15) is 9.18 Å². The molecule has 1 N–H and O–H groups in total. The third-order valence-electron chi connectivity index (χ3n) is 2.60. The van der Waals surface area contributed by atoms with Crippen molar-refractivity contribution in [1.82, 2.24) is 5.32 Å². The first-order valence-corrected chi connectivity index (χ1v) is 6.66. The number of hydrogen-bond acceptors (Lipinski definition) is 1. The number of halogens is 2. The Morgan fingerprint density at radius 1 is 1.26 bits per heavy atom. The van der Waals surface area contributed by atoms with Crippen LogP contribution in [0.3, 0.4) is 0 Å². The van der Waals surface area contributed by atoms with Gasteiger partial charge in [0.2, 0.25) is 0 Å². The third-order valence-corrected chi connectivity index (χ3v) is 2.91. The molecule has 0 aliphatic heterocycles. The minimum atomic E-state index is -0.449. The Morgan fingerprint density at radius 3 is 2.32 bits per heavy atom. The maximum atomic E-state index is 13.0. The normalized spacial score (nSPS) is 12.4. The van der Waals surface area contributed by atoms with Crippen molar-refractivity contribution >= 4 is 17.5 Å². The zero-order valence-electron chi connectivity index (χ0n) is 12.1. The summed E-state index contributed by atoms with van der Waals surface area (Å²) < 4.78 is 13.0. The molecule has 0 aliphatic rings. The Morgan fingerprint density at radius 2 is 1.84 bits per heavy atom. The van der Waals surface area contributed by atoms with Crippen molar-refractivity contribution in [1.29, 1.82) is 0 Å². The van der Waals surface area contributed by atoms with Crippen LogP contribution < -0.4 is 5.32 Å². The number of hydrogen-bond donors (Lipinski definition) is 1. The molecule has 0 aromatic heterocycles. The summed E-state index contributed by atoms with van der Waals surface area (Å²) in [6, 6.07) is 3.78. The molecule has 1 aromatic carbocycles. The molecule has 1 rings (SSSR count). The smallest absolute Gasteiger partial charge is 0.253 e. The van der Waals surface area contributed by atoms with Crippen LogP contribution in [0.4, 0.5) is 4.39 Å². The summed E-state index contributed by atoms with van der Waals surface area (Å²) >= 11 is 5.89. The minimum absolute atomic E-state index is 0.101. The molecule has 4 heteroatoms. The topological polar surface area (TPSA) is 29.1 Å². The zero-order chi connectivity index (χ0) is 14.8. The third kappa shape index (κ3) is 5.19. The van der Waals surface area contributed by atoms with Gasteiger partial charge in [0.1, 0.15) is 5.82 Å². The summed E-state index contributed by atoms with van der Waals surface area (Å²) in [7, 11) is 0. The molecule has 0 bridgehead atoms. The van der Waals surface area contributed by atoms with Crippen molar-refractivity contribution in [2.75, 3.05) is 0 Å². The fourth-order valence-electron chi connectivity index (χ4n) is 2.42. The summed E-state index contributed by atoms with van der Waals surface area (Å²) in [6.07, 6.45) is 0.824. The second-order valence-corrected chi connectivity index (χ2v) is 7.11. The quantitative estimate of drug-likeness (QED) is 0.875. The number of carbonyl (C=O) groups is 1. The second kappa shape index (κ2) is 5.49. The molecule has 106 valence electrons. The van der Waals surface area contributed by atoms with Crippen LogP contribution in [0, 0.1) is 11.2 Å². The lowest BCUT2D eigenvalue weighted by Crippen LogP contribution is -2.45. The van der Waals surface area contributed by atoms with E-state index in [0.29, 0.717) is 5.56 Å². The van der Waals surface area contributed by atoms with Gasteiger partial charge >= 0.3 is 0 Å². The first-order chi connectivity index (χ1) is 8.50. The highest BCUT2D eigenvalue weighted by molar-refractivity contribution is 6.33. The van der Waals surface area contributed by atoms with E-state index in [-0.39, 0.29) is 21.9 Å². The molecular weight excluding hydrogens is 265 g/mol. The Labute approximate surface area is 119 Å². The van der Waals surface area contributed by atoms with Crippen LogP contribution in [0.1, 0.15) is 51.4 Å². The minimum Gasteiger partial charge on any atom is -0.347 e. The first kappa shape index (κ1) is 16.0. The standard InChI is InChI=1S/C15H21ClFNO/c1-14(2,3)9-15(4,5)18-13(19)11-7-6-10(17)8-12(11)16/h6-8H,9H2,1-5H3,(H,18,19). The molecule has 0 spiro atoms. The van der Waals surface area contributed by atoms with E-state index in [1.807, 2.05) is 13.8 Å². The predicted molar refractivity (Wildman–Crippen MR) is 77.0 cm³/mol. The van der Waals surface area contributed by atoms with E-state index in [2.05, 4.69) is 26.1 Å². The lowest BCUT2D eigenvalue weighted by atomic mass is 9.81. The molecule has 0 radical (unpaired) electrons. The summed E-state index contributed by atoms with van der Waals surface area (Å²) in [5.74, 6) is -0.727. The van der Waals surface area contributed by atoms with Crippen LogP contribution >= 0.6 is 11.6 Å².